The first kappa shape index (κ1) is 7.40. The molecule has 0 bridgehead atoms. The van der Waals surface area contributed by atoms with Gasteiger partial charge in [0.1, 0.15) is 0 Å². The quantitative estimate of drug-likeness (QED) is 0.396. The molecule has 1 rings (SSSR count). The summed E-state index contributed by atoms with van der Waals surface area (Å²) in [5, 5.41) is 0. The predicted octanol–water partition coefficient (Wildman–Crippen LogP) is 0.246. The van der Waals surface area contributed by atoms with Gasteiger partial charge in [0.25, 0.3) is 0 Å². The molecule has 0 radical (unpaired) electrons. The lowest BCUT2D eigenvalue weighted by Gasteiger charge is -2.02. The van der Waals surface area contributed by atoms with Crippen LogP contribution >= 0.6 is 0 Å². The summed E-state index contributed by atoms with van der Waals surface area (Å²) >= 11 is 0. The number of benzene rings is 1. The summed E-state index contributed by atoms with van der Waals surface area (Å²) in [4.78, 5) is 10.3. The number of anilines is 3. The van der Waals surface area contributed by atoms with Gasteiger partial charge in [-0.05, 0) is 12.1 Å². The summed E-state index contributed by atoms with van der Waals surface area (Å²) in [7, 11) is 0. The van der Waals surface area contributed by atoms with Crippen LogP contribution in [0.5, 0.6) is 0 Å². The predicted molar refractivity (Wildman–Crippen MR) is 45.1 cm³/mol. The minimum atomic E-state index is 0.353. The number of hydrogen-bond donors (Lipinski definition) is 3. The molecular formula is C7H9N3O. The zero-order valence-electron chi connectivity index (χ0n) is 5.87. The van der Waals surface area contributed by atoms with Gasteiger partial charge >= 0.3 is 0 Å². The van der Waals surface area contributed by atoms with Crippen LogP contribution in [0.3, 0.4) is 0 Å². The van der Waals surface area contributed by atoms with Crippen LogP contribution in [0.4, 0.5) is 17.1 Å². The third-order valence-electron chi connectivity index (χ3n) is 1.42. The van der Waals surface area contributed by atoms with Crippen molar-refractivity contribution in [3.05, 3.63) is 17.7 Å². The van der Waals surface area contributed by atoms with Crippen LogP contribution in [-0.4, -0.2) is 6.29 Å². The van der Waals surface area contributed by atoms with Gasteiger partial charge in [0.15, 0.2) is 6.29 Å². The molecule has 0 saturated heterocycles. The maximum Gasteiger partial charge on any atom is 0.152 e. The molecule has 1 aromatic carbocycles. The number of nitrogens with two attached hydrogens (primary N) is 3. The fourth-order valence-corrected chi connectivity index (χ4v) is 0.770. The van der Waals surface area contributed by atoms with Crippen molar-refractivity contribution in [2.24, 2.45) is 0 Å². The minimum Gasteiger partial charge on any atom is -0.398 e. The van der Waals surface area contributed by atoms with E-state index in [1.807, 2.05) is 0 Å². The maximum absolute atomic E-state index is 10.3. The molecule has 6 N–H and O–H groups in total. The number of nitrogen functional groups attached to an aromatic ring is 3. The molecule has 0 aliphatic heterocycles. The van der Waals surface area contributed by atoms with Gasteiger partial charge in [-0.15, -0.1) is 0 Å². The molecule has 0 atom stereocenters. The van der Waals surface area contributed by atoms with E-state index in [1.54, 1.807) is 0 Å². The highest BCUT2D eigenvalue weighted by molar-refractivity contribution is 5.88. The van der Waals surface area contributed by atoms with Crippen molar-refractivity contribution >= 4 is 23.3 Å². The van der Waals surface area contributed by atoms with Crippen molar-refractivity contribution in [2.45, 2.75) is 0 Å². The van der Waals surface area contributed by atoms with Crippen LogP contribution < -0.4 is 17.2 Å². The highest BCUT2D eigenvalue weighted by atomic mass is 16.1. The van der Waals surface area contributed by atoms with Crippen LogP contribution in [0.25, 0.3) is 0 Å². The van der Waals surface area contributed by atoms with Gasteiger partial charge in [0.2, 0.25) is 0 Å². The molecule has 0 aliphatic rings. The first-order valence-corrected chi connectivity index (χ1v) is 3.05. The SMILES string of the molecule is Nc1cc(N)c(C=O)cc1N. The molecule has 4 heteroatoms. The molecule has 0 aliphatic carbocycles. The highest BCUT2D eigenvalue weighted by Crippen LogP contribution is 2.20. The Morgan fingerprint density at radius 2 is 1.55 bits per heavy atom. The normalized spacial score (nSPS) is 9.45. The Kier molecular flexibility index (Phi) is 1.68. The fraction of sp³-hybridized carbons (Fsp3) is 0. The van der Waals surface area contributed by atoms with E-state index >= 15 is 0 Å². The Bertz CT molecular complexity index is 296. The van der Waals surface area contributed by atoms with Gasteiger partial charge in [-0.2, -0.15) is 0 Å². The number of rotatable bonds is 1. The zero-order chi connectivity index (χ0) is 8.43. The number of aldehydes is 1. The molecule has 58 valence electrons. The Morgan fingerprint density at radius 1 is 1.00 bits per heavy atom. The van der Waals surface area contributed by atoms with Crippen LogP contribution in [0, 0.1) is 0 Å². The van der Waals surface area contributed by atoms with Crippen molar-refractivity contribution < 1.29 is 4.79 Å². The summed E-state index contributed by atoms with van der Waals surface area (Å²) in [5.74, 6) is 0. The smallest absolute Gasteiger partial charge is 0.152 e. The number of hydrogen-bond acceptors (Lipinski definition) is 4. The average molecular weight is 151 g/mol. The highest BCUT2D eigenvalue weighted by Gasteiger charge is 2.00. The first-order valence-electron chi connectivity index (χ1n) is 3.05. The van der Waals surface area contributed by atoms with E-state index in [0.29, 0.717) is 28.9 Å². The molecule has 0 aromatic heterocycles. The molecule has 1 aromatic rings. The average Bonchev–Trinajstić information content (AvgIpc) is 1.97. The third-order valence-corrected chi connectivity index (χ3v) is 1.42. The maximum atomic E-state index is 10.3. The Labute approximate surface area is 64.0 Å². The van der Waals surface area contributed by atoms with Crippen LogP contribution in [0.2, 0.25) is 0 Å². The lowest BCUT2D eigenvalue weighted by Crippen LogP contribution is -2.00. The van der Waals surface area contributed by atoms with Crippen molar-refractivity contribution in [1.82, 2.24) is 0 Å². The molecule has 0 fully saturated rings. The van der Waals surface area contributed by atoms with Crippen molar-refractivity contribution in [1.29, 1.82) is 0 Å². The van der Waals surface area contributed by atoms with Gasteiger partial charge < -0.3 is 17.2 Å². The molecule has 11 heavy (non-hydrogen) atoms. The van der Waals surface area contributed by atoms with E-state index in [2.05, 4.69) is 0 Å². The summed E-state index contributed by atoms with van der Waals surface area (Å²) in [6, 6.07) is 2.93. The van der Waals surface area contributed by atoms with E-state index < -0.39 is 0 Å². The van der Waals surface area contributed by atoms with Crippen molar-refractivity contribution in [2.75, 3.05) is 17.2 Å². The van der Waals surface area contributed by atoms with Crippen molar-refractivity contribution in [3.63, 3.8) is 0 Å². The second kappa shape index (κ2) is 2.49. The topological polar surface area (TPSA) is 95.1 Å². The Morgan fingerprint density at radius 3 is 2.09 bits per heavy atom. The fourth-order valence-electron chi connectivity index (χ4n) is 0.770. The molecular weight excluding hydrogens is 142 g/mol. The van der Waals surface area contributed by atoms with Crippen molar-refractivity contribution in [3.8, 4) is 0 Å². The largest absolute Gasteiger partial charge is 0.398 e. The lowest BCUT2D eigenvalue weighted by atomic mass is 10.1. The molecule has 0 amide bonds. The van der Waals surface area contributed by atoms with Crippen LogP contribution in [0.1, 0.15) is 10.4 Å². The number of carbonyl (C=O) groups is 1. The molecule has 0 spiro atoms. The van der Waals surface area contributed by atoms with Gasteiger partial charge in [-0.1, -0.05) is 0 Å². The molecule has 0 saturated carbocycles. The Balaban J connectivity index is 3.31. The summed E-state index contributed by atoms with van der Waals surface area (Å²) in [6.07, 6.45) is 0.644. The third kappa shape index (κ3) is 1.24. The van der Waals surface area contributed by atoms with E-state index in [-0.39, 0.29) is 0 Å². The molecule has 0 unspecified atom stereocenters. The zero-order valence-corrected chi connectivity index (χ0v) is 5.87. The second-order valence-electron chi connectivity index (χ2n) is 2.23. The Hall–Kier alpha value is -1.71. The van der Waals surface area contributed by atoms with E-state index in [9.17, 15) is 4.79 Å². The van der Waals surface area contributed by atoms with Crippen LogP contribution in [0.15, 0.2) is 12.1 Å². The van der Waals surface area contributed by atoms with Crippen LogP contribution in [-0.2, 0) is 0 Å². The summed E-state index contributed by atoms with van der Waals surface area (Å²) in [5.41, 5.74) is 17.8. The summed E-state index contributed by atoms with van der Waals surface area (Å²) in [6.45, 7) is 0. The van der Waals surface area contributed by atoms with Gasteiger partial charge in [-0.3, -0.25) is 4.79 Å². The van der Waals surface area contributed by atoms with Gasteiger partial charge in [0.05, 0.1) is 11.4 Å². The first-order chi connectivity index (χ1) is 5.15. The minimum absolute atomic E-state index is 0.353. The number of carbonyl (C=O) groups excluding carboxylic acids is 1. The lowest BCUT2D eigenvalue weighted by molar-refractivity contribution is 0.112. The molecule has 0 heterocycles. The van der Waals surface area contributed by atoms with E-state index in [1.165, 1.54) is 12.1 Å². The van der Waals surface area contributed by atoms with Gasteiger partial charge in [-0.25, -0.2) is 0 Å². The monoisotopic (exact) mass is 151 g/mol. The van der Waals surface area contributed by atoms with Gasteiger partial charge in [0, 0.05) is 11.3 Å². The standard InChI is InChI=1S/C7H9N3O/c8-5-2-7(10)6(9)1-4(5)3-11/h1-3H,8-10H2. The van der Waals surface area contributed by atoms with E-state index in [0.717, 1.165) is 0 Å². The second-order valence-corrected chi connectivity index (χ2v) is 2.23. The molecule has 4 nitrogen and oxygen atoms in total. The summed E-state index contributed by atoms with van der Waals surface area (Å²) < 4.78 is 0. The van der Waals surface area contributed by atoms with E-state index in [4.69, 9.17) is 17.2 Å².